The first-order valence-electron chi connectivity index (χ1n) is 8.29. The number of halogens is 1. The largest absolute Gasteiger partial charge is 0.385 e. The second-order valence-electron chi connectivity index (χ2n) is 5.98. The molecular weight excluding hydrogens is 415 g/mol. The molecule has 0 aromatic heterocycles. The molecule has 0 bridgehead atoms. The van der Waals surface area contributed by atoms with Gasteiger partial charge < -0.3 is 15.4 Å². The summed E-state index contributed by atoms with van der Waals surface area (Å²) < 4.78 is 5.05. The molecule has 6 heteroatoms. The lowest BCUT2D eigenvalue weighted by atomic mass is 10.1. The lowest BCUT2D eigenvalue weighted by Gasteiger charge is -2.23. The number of nitrogens with zero attached hydrogens (tertiary/aromatic N) is 2. The van der Waals surface area contributed by atoms with E-state index in [0.29, 0.717) is 6.04 Å². The van der Waals surface area contributed by atoms with Gasteiger partial charge in [-0.15, -0.1) is 24.0 Å². The van der Waals surface area contributed by atoms with Crippen LogP contribution in [0.15, 0.2) is 29.3 Å². The number of hydrogen-bond donors (Lipinski definition) is 2. The molecule has 1 aromatic carbocycles. The fraction of sp³-hybridized carbons (Fsp3) is 0.611. The minimum absolute atomic E-state index is 0. The first-order chi connectivity index (χ1) is 11.1. The van der Waals surface area contributed by atoms with E-state index in [2.05, 4.69) is 65.7 Å². The van der Waals surface area contributed by atoms with E-state index in [1.54, 1.807) is 14.2 Å². The van der Waals surface area contributed by atoms with E-state index < -0.39 is 0 Å². The molecule has 0 amide bonds. The van der Waals surface area contributed by atoms with Crippen LogP contribution in [0.1, 0.15) is 31.4 Å². The van der Waals surface area contributed by atoms with Gasteiger partial charge in [0.2, 0.25) is 0 Å². The van der Waals surface area contributed by atoms with Gasteiger partial charge in [0, 0.05) is 46.4 Å². The van der Waals surface area contributed by atoms with Crippen LogP contribution in [0.25, 0.3) is 0 Å². The SMILES string of the molecule is CN=C(NCCCOC)NCc1ccccc1CN(C)C(C)C.I. The number of hydrogen-bond acceptors (Lipinski definition) is 3. The molecule has 0 unspecified atom stereocenters. The quantitative estimate of drug-likeness (QED) is 0.264. The number of benzene rings is 1. The normalized spacial score (nSPS) is 11.5. The number of methoxy groups -OCH3 is 1. The molecule has 0 aliphatic carbocycles. The van der Waals surface area contributed by atoms with Gasteiger partial charge in [0.1, 0.15) is 0 Å². The van der Waals surface area contributed by atoms with Crippen molar-refractivity contribution < 1.29 is 4.74 Å². The van der Waals surface area contributed by atoms with Crippen molar-refractivity contribution in [3.05, 3.63) is 35.4 Å². The summed E-state index contributed by atoms with van der Waals surface area (Å²) in [6, 6.07) is 9.10. The van der Waals surface area contributed by atoms with Crippen LogP contribution in [0, 0.1) is 0 Å². The van der Waals surface area contributed by atoms with Crippen LogP contribution in [-0.2, 0) is 17.8 Å². The molecule has 0 heterocycles. The van der Waals surface area contributed by atoms with Gasteiger partial charge in [0.05, 0.1) is 0 Å². The first-order valence-corrected chi connectivity index (χ1v) is 8.29. The Morgan fingerprint density at radius 3 is 2.46 bits per heavy atom. The third-order valence-electron chi connectivity index (χ3n) is 3.91. The van der Waals surface area contributed by atoms with Gasteiger partial charge in [-0.05, 0) is 38.4 Å². The van der Waals surface area contributed by atoms with Crippen molar-refractivity contribution in [1.29, 1.82) is 0 Å². The Balaban J connectivity index is 0.00000529. The number of ether oxygens (including phenoxy) is 1. The predicted octanol–water partition coefficient (Wildman–Crippen LogP) is 2.85. The molecule has 0 radical (unpaired) electrons. The maximum absolute atomic E-state index is 5.05. The summed E-state index contributed by atoms with van der Waals surface area (Å²) in [5, 5.41) is 6.69. The topological polar surface area (TPSA) is 48.9 Å². The minimum atomic E-state index is 0. The van der Waals surface area contributed by atoms with Crippen LogP contribution in [0.2, 0.25) is 0 Å². The summed E-state index contributed by atoms with van der Waals surface area (Å²) in [6.45, 7) is 7.76. The summed E-state index contributed by atoms with van der Waals surface area (Å²) >= 11 is 0. The van der Waals surface area contributed by atoms with Crippen LogP contribution >= 0.6 is 24.0 Å². The molecule has 0 aliphatic rings. The fourth-order valence-corrected chi connectivity index (χ4v) is 2.16. The summed E-state index contributed by atoms with van der Waals surface area (Å²) in [5.74, 6) is 0.827. The Morgan fingerprint density at radius 2 is 1.88 bits per heavy atom. The molecule has 2 N–H and O–H groups in total. The second kappa shape index (κ2) is 13.4. The van der Waals surface area contributed by atoms with Gasteiger partial charge in [-0.1, -0.05) is 24.3 Å². The van der Waals surface area contributed by atoms with Crippen molar-refractivity contribution in [2.24, 2.45) is 4.99 Å². The van der Waals surface area contributed by atoms with Crippen molar-refractivity contribution in [3.63, 3.8) is 0 Å². The Morgan fingerprint density at radius 1 is 1.21 bits per heavy atom. The Hall–Kier alpha value is -0.860. The average molecular weight is 448 g/mol. The third kappa shape index (κ3) is 8.84. The highest BCUT2D eigenvalue weighted by Gasteiger charge is 2.08. The highest BCUT2D eigenvalue weighted by molar-refractivity contribution is 14.0. The van der Waals surface area contributed by atoms with E-state index in [0.717, 1.165) is 38.6 Å². The van der Waals surface area contributed by atoms with Crippen LogP contribution in [-0.4, -0.2) is 51.3 Å². The number of aliphatic imine (C=N–C) groups is 1. The summed E-state index contributed by atoms with van der Waals surface area (Å²) in [5.41, 5.74) is 2.66. The van der Waals surface area contributed by atoms with Crippen LogP contribution in [0.3, 0.4) is 0 Å². The molecule has 138 valence electrons. The molecule has 1 aromatic rings. The Bertz CT molecular complexity index is 480. The van der Waals surface area contributed by atoms with Gasteiger partial charge in [-0.25, -0.2) is 0 Å². The van der Waals surface area contributed by atoms with Gasteiger partial charge in [0.15, 0.2) is 5.96 Å². The van der Waals surface area contributed by atoms with Crippen LogP contribution in [0.4, 0.5) is 0 Å². The molecule has 5 nitrogen and oxygen atoms in total. The monoisotopic (exact) mass is 448 g/mol. The van der Waals surface area contributed by atoms with Crippen molar-refractivity contribution in [1.82, 2.24) is 15.5 Å². The maximum Gasteiger partial charge on any atom is 0.191 e. The van der Waals surface area contributed by atoms with E-state index in [-0.39, 0.29) is 24.0 Å². The van der Waals surface area contributed by atoms with Crippen LogP contribution in [0.5, 0.6) is 0 Å². The Labute approximate surface area is 164 Å². The van der Waals surface area contributed by atoms with Crippen molar-refractivity contribution >= 4 is 29.9 Å². The molecule has 0 saturated heterocycles. The number of rotatable bonds is 9. The number of guanidine groups is 1. The van der Waals surface area contributed by atoms with E-state index in [1.165, 1.54) is 11.1 Å². The molecule has 0 spiro atoms. The molecule has 0 saturated carbocycles. The Kier molecular flexibility index (Phi) is 13.0. The van der Waals surface area contributed by atoms with E-state index >= 15 is 0 Å². The smallest absolute Gasteiger partial charge is 0.191 e. The lowest BCUT2D eigenvalue weighted by molar-refractivity contribution is 0.195. The van der Waals surface area contributed by atoms with Gasteiger partial charge in [-0.3, -0.25) is 9.89 Å². The van der Waals surface area contributed by atoms with E-state index in [4.69, 9.17) is 4.74 Å². The average Bonchev–Trinajstić information content (AvgIpc) is 2.55. The van der Waals surface area contributed by atoms with Crippen molar-refractivity contribution in [3.8, 4) is 0 Å². The van der Waals surface area contributed by atoms with Crippen molar-refractivity contribution in [2.45, 2.75) is 39.4 Å². The predicted molar refractivity (Wildman–Crippen MR) is 113 cm³/mol. The first kappa shape index (κ1) is 23.1. The summed E-state index contributed by atoms with van der Waals surface area (Å²) in [4.78, 5) is 6.61. The van der Waals surface area contributed by atoms with Gasteiger partial charge in [-0.2, -0.15) is 0 Å². The maximum atomic E-state index is 5.05. The van der Waals surface area contributed by atoms with Crippen molar-refractivity contribution in [2.75, 3.05) is 34.4 Å². The highest BCUT2D eigenvalue weighted by Crippen LogP contribution is 2.12. The molecule has 24 heavy (non-hydrogen) atoms. The highest BCUT2D eigenvalue weighted by atomic mass is 127. The lowest BCUT2D eigenvalue weighted by Crippen LogP contribution is -2.38. The van der Waals surface area contributed by atoms with Gasteiger partial charge >= 0.3 is 0 Å². The third-order valence-corrected chi connectivity index (χ3v) is 3.91. The summed E-state index contributed by atoms with van der Waals surface area (Å²) in [6.07, 6.45) is 0.965. The van der Waals surface area contributed by atoms with E-state index in [9.17, 15) is 0 Å². The molecule has 0 fully saturated rings. The molecule has 0 aliphatic heterocycles. The molecular formula is C18H33IN4O. The van der Waals surface area contributed by atoms with Gasteiger partial charge in [0.25, 0.3) is 0 Å². The van der Waals surface area contributed by atoms with E-state index in [1.807, 2.05) is 0 Å². The summed E-state index contributed by atoms with van der Waals surface area (Å²) in [7, 11) is 5.67. The molecule has 0 atom stereocenters. The zero-order valence-electron chi connectivity index (χ0n) is 15.6. The standard InChI is InChI=1S/C18H32N4O.HI/c1-15(2)22(4)14-17-10-7-6-9-16(17)13-21-18(19-3)20-11-8-12-23-5;/h6-7,9-10,15H,8,11-14H2,1-5H3,(H2,19,20,21);1H. The van der Waals surface area contributed by atoms with Crippen LogP contribution < -0.4 is 10.6 Å². The minimum Gasteiger partial charge on any atom is -0.385 e. The zero-order chi connectivity index (χ0) is 17.1. The number of nitrogens with one attached hydrogen (secondary N) is 2. The zero-order valence-corrected chi connectivity index (χ0v) is 18.0. The fourth-order valence-electron chi connectivity index (χ4n) is 2.16. The molecule has 1 rings (SSSR count). The second-order valence-corrected chi connectivity index (χ2v) is 5.98.